The second-order valence-corrected chi connectivity index (χ2v) is 3.57. The maximum Gasteiger partial charge on any atom is 0.106 e. The molecule has 1 heterocycles. The van der Waals surface area contributed by atoms with Crippen LogP contribution in [0.25, 0.3) is 0 Å². The summed E-state index contributed by atoms with van der Waals surface area (Å²) in [6, 6.07) is 6.48. The Bertz CT molecular complexity index is 331. The molecule has 0 unspecified atom stereocenters. The zero-order chi connectivity index (χ0) is 10.6. The van der Waals surface area contributed by atoms with Crippen LogP contribution in [0, 0.1) is 6.92 Å². The summed E-state index contributed by atoms with van der Waals surface area (Å²) in [5, 5.41) is 3.20. The van der Waals surface area contributed by atoms with Gasteiger partial charge in [-0.1, -0.05) is 43.8 Å². The van der Waals surface area contributed by atoms with Crippen LogP contribution in [0.4, 0.5) is 0 Å². The molecule has 2 rings (SSSR count). The van der Waals surface area contributed by atoms with Crippen LogP contribution in [0.1, 0.15) is 30.5 Å². The van der Waals surface area contributed by atoms with E-state index in [-0.39, 0.29) is 0 Å². The Kier molecular flexibility index (Phi) is 4.08. The van der Waals surface area contributed by atoms with Crippen molar-refractivity contribution in [3.8, 4) is 0 Å². The smallest absolute Gasteiger partial charge is 0.106 e. The van der Waals surface area contributed by atoms with Gasteiger partial charge in [0.05, 0.1) is 0 Å². The van der Waals surface area contributed by atoms with E-state index in [9.17, 15) is 0 Å². The minimum atomic E-state index is 0.903. The van der Waals surface area contributed by atoms with Crippen LogP contribution in [0.2, 0.25) is 0 Å². The molecule has 1 N–H and O–H groups in total. The van der Waals surface area contributed by atoms with Crippen LogP contribution >= 0.6 is 12.2 Å². The molecule has 14 heavy (non-hydrogen) atoms. The Labute approximate surface area is 91.5 Å². The van der Waals surface area contributed by atoms with Crippen molar-refractivity contribution in [3.05, 3.63) is 34.9 Å². The molecule has 0 radical (unpaired) electrons. The fourth-order valence-corrected chi connectivity index (χ4v) is 1.82. The molecule has 1 aromatic carbocycles. The third-order valence-corrected chi connectivity index (χ3v) is 2.55. The minimum Gasteiger partial charge on any atom is -0.375 e. The van der Waals surface area contributed by atoms with E-state index < -0.39 is 0 Å². The largest absolute Gasteiger partial charge is 0.375 e. The third-order valence-electron chi connectivity index (χ3n) is 2.19. The van der Waals surface area contributed by atoms with Gasteiger partial charge in [0, 0.05) is 12.1 Å². The summed E-state index contributed by atoms with van der Waals surface area (Å²) < 4.78 is 0. The Hall–Kier alpha value is -0.890. The first kappa shape index (κ1) is 11.2. The highest BCUT2D eigenvalue weighted by Crippen LogP contribution is 2.15. The predicted octanol–water partition coefficient (Wildman–Crippen LogP) is 2.84. The summed E-state index contributed by atoms with van der Waals surface area (Å²) in [5.74, 6) is 0. The van der Waals surface area contributed by atoms with E-state index >= 15 is 0 Å². The van der Waals surface area contributed by atoms with Gasteiger partial charge in [0.25, 0.3) is 0 Å². The standard InChI is InChI=1S/C10H11NS.C2H6/c1-7-2-3-8-4-5-11-10(12)9(8)6-7;1-2/h2-3,6H,4-5H2,1H3,(H,11,12);1-2H3. The van der Waals surface area contributed by atoms with Gasteiger partial charge in [-0.3, -0.25) is 0 Å². The van der Waals surface area contributed by atoms with Gasteiger partial charge in [0.15, 0.2) is 0 Å². The van der Waals surface area contributed by atoms with Crippen LogP contribution in [0.3, 0.4) is 0 Å². The van der Waals surface area contributed by atoms with E-state index in [2.05, 4.69) is 30.4 Å². The van der Waals surface area contributed by atoms with Crippen molar-refractivity contribution >= 4 is 17.2 Å². The molecule has 0 aromatic heterocycles. The summed E-state index contributed by atoms with van der Waals surface area (Å²) in [5.41, 5.74) is 3.88. The number of benzene rings is 1. The summed E-state index contributed by atoms with van der Waals surface area (Å²) in [6.07, 6.45) is 1.09. The van der Waals surface area contributed by atoms with E-state index in [4.69, 9.17) is 12.2 Å². The quantitative estimate of drug-likeness (QED) is 0.657. The number of hydrogen-bond acceptors (Lipinski definition) is 1. The van der Waals surface area contributed by atoms with Crippen molar-refractivity contribution in [1.82, 2.24) is 5.32 Å². The Balaban J connectivity index is 0.000000461. The van der Waals surface area contributed by atoms with Crippen molar-refractivity contribution in [2.45, 2.75) is 27.2 Å². The molecule has 2 heteroatoms. The number of rotatable bonds is 0. The van der Waals surface area contributed by atoms with E-state index in [1.54, 1.807) is 0 Å². The topological polar surface area (TPSA) is 12.0 Å². The summed E-state index contributed by atoms with van der Waals surface area (Å²) >= 11 is 5.21. The highest BCUT2D eigenvalue weighted by Gasteiger charge is 2.12. The predicted molar refractivity (Wildman–Crippen MR) is 65.9 cm³/mol. The fraction of sp³-hybridized carbons (Fsp3) is 0.417. The highest BCUT2D eigenvalue weighted by atomic mass is 32.1. The van der Waals surface area contributed by atoms with Crippen LogP contribution in [0.15, 0.2) is 18.2 Å². The molecule has 1 nitrogen and oxygen atoms in total. The lowest BCUT2D eigenvalue weighted by atomic mass is 9.99. The first-order chi connectivity index (χ1) is 6.77. The van der Waals surface area contributed by atoms with E-state index in [1.165, 1.54) is 16.7 Å². The number of fused-ring (bicyclic) bond motifs is 1. The second-order valence-electron chi connectivity index (χ2n) is 3.17. The molecule has 1 aromatic rings. The van der Waals surface area contributed by atoms with Crippen molar-refractivity contribution in [1.29, 1.82) is 0 Å². The monoisotopic (exact) mass is 207 g/mol. The zero-order valence-electron chi connectivity index (χ0n) is 9.05. The van der Waals surface area contributed by atoms with Crippen LogP contribution in [-0.4, -0.2) is 11.5 Å². The Morgan fingerprint density at radius 2 is 2.00 bits per heavy atom. The Morgan fingerprint density at radius 1 is 1.29 bits per heavy atom. The lowest BCUT2D eigenvalue weighted by Gasteiger charge is -2.18. The maximum absolute atomic E-state index is 5.21. The van der Waals surface area contributed by atoms with Gasteiger partial charge in [0.2, 0.25) is 0 Å². The molecule has 1 aliphatic heterocycles. The first-order valence-corrected chi connectivity index (χ1v) is 5.56. The van der Waals surface area contributed by atoms with Crippen molar-refractivity contribution in [2.24, 2.45) is 0 Å². The maximum atomic E-state index is 5.21. The van der Waals surface area contributed by atoms with Crippen molar-refractivity contribution in [2.75, 3.05) is 6.54 Å². The van der Waals surface area contributed by atoms with Gasteiger partial charge in [-0.05, 0) is 25.0 Å². The lowest BCUT2D eigenvalue weighted by Crippen LogP contribution is -2.30. The van der Waals surface area contributed by atoms with Crippen molar-refractivity contribution in [3.63, 3.8) is 0 Å². The minimum absolute atomic E-state index is 0.903. The highest BCUT2D eigenvalue weighted by molar-refractivity contribution is 7.80. The SMILES string of the molecule is CC.Cc1ccc2c(c1)C(=S)NCC2. The molecule has 0 aliphatic carbocycles. The summed E-state index contributed by atoms with van der Waals surface area (Å²) in [7, 11) is 0. The van der Waals surface area contributed by atoms with Crippen LogP contribution < -0.4 is 5.32 Å². The third kappa shape index (κ3) is 2.32. The number of nitrogens with one attached hydrogen (secondary N) is 1. The van der Waals surface area contributed by atoms with Crippen LogP contribution in [0.5, 0.6) is 0 Å². The molecule has 76 valence electrons. The van der Waals surface area contributed by atoms with Gasteiger partial charge in [-0.25, -0.2) is 0 Å². The molecular formula is C12H17NS. The number of hydrogen-bond donors (Lipinski definition) is 1. The zero-order valence-corrected chi connectivity index (χ0v) is 9.87. The van der Waals surface area contributed by atoms with Crippen LogP contribution in [-0.2, 0) is 6.42 Å². The average Bonchev–Trinajstić information content (AvgIpc) is 2.22. The van der Waals surface area contributed by atoms with E-state index in [0.29, 0.717) is 0 Å². The lowest BCUT2D eigenvalue weighted by molar-refractivity contribution is 0.847. The second kappa shape index (κ2) is 5.11. The van der Waals surface area contributed by atoms with Gasteiger partial charge >= 0.3 is 0 Å². The van der Waals surface area contributed by atoms with Crippen molar-refractivity contribution < 1.29 is 0 Å². The van der Waals surface area contributed by atoms with E-state index in [0.717, 1.165) is 18.0 Å². The fourth-order valence-electron chi connectivity index (χ4n) is 1.53. The molecule has 0 saturated heterocycles. The summed E-state index contributed by atoms with van der Waals surface area (Å²) in [4.78, 5) is 0.903. The molecular weight excluding hydrogens is 190 g/mol. The summed E-state index contributed by atoms with van der Waals surface area (Å²) in [6.45, 7) is 7.08. The van der Waals surface area contributed by atoms with E-state index in [1.807, 2.05) is 13.8 Å². The molecule has 0 saturated carbocycles. The van der Waals surface area contributed by atoms with Gasteiger partial charge in [-0.15, -0.1) is 0 Å². The van der Waals surface area contributed by atoms with Gasteiger partial charge < -0.3 is 5.32 Å². The van der Waals surface area contributed by atoms with Gasteiger partial charge in [-0.2, -0.15) is 0 Å². The molecule has 0 atom stereocenters. The average molecular weight is 207 g/mol. The van der Waals surface area contributed by atoms with Gasteiger partial charge in [0.1, 0.15) is 4.99 Å². The molecule has 1 aliphatic rings. The number of thiocarbonyl (C=S) groups is 1. The Morgan fingerprint density at radius 3 is 2.71 bits per heavy atom. The molecule has 0 spiro atoms. The first-order valence-electron chi connectivity index (χ1n) is 5.15. The molecule has 0 bridgehead atoms. The number of aryl methyl sites for hydroxylation is 1. The molecule has 0 fully saturated rings. The normalized spacial score (nSPS) is 13.5. The molecule has 0 amide bonds.